The summed E-state index contributed by atoms with van der Waals surface area (Å²) < 4.78 is 0. The smallest absolute Gasteiger partial charge is 0.231 e. The van der Waals surface area contributed by atoms with E-state index in [0.29, 0.717) is 19.0 Å². The van der Waals surface area contributed by atoms with Crippen LogP contribution in [-0.2, 0) is 11.3 Å². The highest BCUT2D eigenvalue weighted by molar-refractivity contribution is 6.01. The Morgan fingerprint density at radius 2 is 1.90 bits per heavy atom. The monoisotopic (exact) mass is 283 g/mol. The Kier molecular flexibility index (Phi) is 3.17. The number of aliphatic imine (C=N–C) groups is 1. The number of guanidine groups is 1. The molecule has 2 fully saturated rings. The molecule has 3 aliphatic rings. The summed E-state index contributed by atoms with van der Waals surface area (Å²) in [7, 11) is 0. The molecule has 0 atom stereocenters. The Bertz CT molecular complexity index is 589. The predicted molar refractivity (Wildman–Crippen MR) is 82.3 cm³/mol. The maximum atomic E-state index is 12.3. The number of fused-ring (bicyclic) bond motifs is 2. The van der Waals surface area contributed by atoms with Gasteiger partial charge in [0.1, 0.15) is 0 Å². The van der Waals surface area contributed by atoms with E-state index < -0.39 is 0 Å². The zero-order valence-corrected chi connectivity index (χ0v) is 12.3. The number of carbonyl (C=O) groups excluding carboxylic acids is 1. The van der Waals surface area contributed by atoms with Crippen LogP contribution in [0, 0.1) is 0 Å². The molecule has 0 spiro atoms. The number of para-hydroxylation sites is 1. The molecule has 2 aliphatic heterocycles. The van der Waals surface area contributed by atoms with Crippen molar-refractivity contribution >= 4 is 17.6 Å². The summed E-state index contributed by atoms with van der Waals surface area (Å²) >= 11 is 0. The molecule has 4 nitrogen and oxygen atoms in total. The van der Waals surface area contributed by atoms with Gasteiger partial charge in [0.15, 0.2) is 0 Å². The Morgan fingerprint density at radius 1 is 1.10 bits per heavy atom. The minimum absolute atomic E-state index is 0.218. The maximum absolute atomic E-state index is 12.3. The first-order valence-electron chi connectivity index (χ1n) is 8.06. The predicted octanol–water partition coefficient (Wildman–Crippen LogP) is 3.05. The highest BCUT2D eigenvalue weighted by Crippen LogP contribution is 2.32. The standard InChI is InChI=1S/C17H21N3O/c21-16-10-11-19(14-7-2-1-3-8-14)17-18-15-9-5-4-6-13(15)12-20(16)17/h4-6,9,14H,1-3,7-8,10-12H2. The highest BCUT2D eigenvalue weighted by Gasteiger charge is 2.36. The highest BCUT2D eigenvalue weighted by atomic mass is 16.2. The number of carbonyl (C=O) groups is 1. The summed E-state index contributed by atoms with van der Waals surface area (Å²) in [5, 5.41) is 0. The van der Waals surface area contributed by atoms with Crippen molar-refractivity contribution in [2.24, 2.45) is 4.99 Å². The molecule has 2 heterocycles. The van der Waals surface area contributed by atoms with Crippen molar-refractivity contribution < 1.29 is 4.79 Å². The van der Waals surface area contributed by atoms with E-state index in [-0.39, 0.29) is 5.91 Å². The molecule has 1 aromatic carbocycles. The van der Waals surface area contributed by atoms with Crippen molar-refractivity contribution in [3.05, 3.63) is 29.8 Å². The average molecular weight is 283 g/mol. The van der Waals surface area contributed by atoms with Crippen molar-refractivity contribution in [3.8, 4) is 0 Å². The summed E-state index contributed by atoms with van der Waals surface area (Å²) in [5.74, 6) is 1.12. The molecule has 4 rings (SSSR count). The molecular weight excluding hydrogens is 262 g/mol. The second-order valence-corrected chi connectivity index (χ2v) is 6.26. The molecule has 0 unspecified atom stereocenters. The third-order valence-corrected chi connectivity index (χ3v) is 4.92. The van der Waals surface area contributed by atoms with Crippen LogP contribution in [-0.4, -0.2) is 34.3 Å². The normalized spacial score (nSPS) is 22.7. The van der Waals surface area contributed by atoms with Gasteiger partial charge in [0, 0.05) is 19.0 Å². The fraction of sp³-hybridized carbons (Fsp3) is 0.529. The minimum atomic E-state index is 0.218. The van der Waals surface area contributed by atoms with Crippen molar-refractivity contribution in [2.75, 3.05) is 6.54 Å². The van der Waals surface area contributed by atoms with Gasteiger partial charge in [0.05, 0.1) is 12.2 Å². The molecule has 1 aromatic rings. The van der Waals surface area contributed by atoms with Crippen molar-refractivity contribution in [1.82, 2.24) is 9.80 Å². The molecule has 21 heavy (non-hydrogen) atoms. The molecule has 1 saturated carbocycles. The lowest BCUT2D eigenvalue weighted by molar-refractivity contribution is -0.130. The fourth-order valence-corrected chi connectivity index (χ4v) is 3.77. The minimum Gasteiger partial charge on any atom is -0.339 e. The number of amides is 1. The fourth-order valence-electron chi connectivity index (χ4n) is 3.77. The van der Waals surface area contributed by atoms with Crippen LogP contribution in [0.5, 0.6) is 0 Å². The average Bonchev–Trinajstić information content (AvgIpc) is 2.55. The third kappa shape index (κ3) is 2.23. The van der Waals surface area contributed by atoms with Crippen LogP contribution in [0.4, 0.5) is 5.69 Å². The molecule has 0 bridgehead atoms. The third-order valence-electron chi connectivity index (χ3n) is 4.92. The first kappa shape index (κ1) is 12.9. The SMILES string of the molecule is O=C1CCN(C2CCCCC2)C2=Nc3ccccc3CN12. The maximum Gasteiger partial charge on any atom is 0.231 e. The van der Waals surface area contributed by atoms with E-state index in [1.165, 1.54) is 32.1 Å². The molecule has 1 aliphatic carbocycles. The number of benzene rings is 1. The van der Waals surface area contributed by atoms with Crippen molar-refractivity contribution in [1.29, 1.82) is 0 Å². The number of rotatable bonds is 1. The Hall–Kier alpha value is -1.84. The topological polar surface area (TPSA) is 35.9 Å². The summed E-state index contributed by atoms with van der Waals surface area (Å²) in [5.41, 5.74) is 2.18. The number of nitrogens with zero attached hydrogens (tertiary/aromatic N) is 3. The van der Waals surface area contributed by atoms with Crippen LogP contribution in [0.15, 0.2) is 29.3 Å². The van der Waals surface area contributed by atoms with Gasteiger partial charge in [-0.3, -0.25) is 9.69 Å². The second kappa shape index (κ2) is 5.17. The molecular formula is C17H21N3O. The molecule has 4 heteroatoms. The number of hydrogen-bond acceptors (Lipinski definition) is 3. The van der Waals surface area contributed by atoms with Gasteiger partial charge in [-0.05, 0) is 24.5 Å². The molecule has 0 aromatic heterocycles. The van der Waals surface area contributed by atoms with E-state index in [0.717, 1.165) is 23.8 Å². The lowest BCUT2D eigenvalue weighted by Gasteiger charge is -2.44. The second-order valence-electron chi connectivity index (χ2n) is 6.26. The Balaban J connectivity index is 1.70. The van der Waals surface area contributed by atoms with E-state index in [9.17, 15) is 4.79 Å². The van der Waals surface area contributed by atoms with Crippen LogP contribution >= 0.6 is 0 Å². The molecule has 0 N–H and O–H groups in total. The van der Waals surface area contributed by atoms with Gasteiger partial charge in [-0.15, -0.1) is 0 Å². The van der Waals surface area contributed by atoms with Gasteiger partial charge < -0.3 is 4.90 Å². The van der Waals surface area contributed by atoms with E-state index in [4.69, 9.17) is 4.99 Å². The first-order chi connectivity index (χ1) is 10.3. The van der Waals surface area contributed by atoms with E-state index >= 15 is 0 Å². The van der Waals surface area contributed by atoms with Crippen molar-refractivity contribution in [2.45, 2.75) is 51.1 Å². The molecule has 0 radical (unpaired) electrons. The summed E-state index contributed by atoms with van der Waals surface area (Å²) in [6.45, 7) is 1.51. The quantitative estimate of drug-likeness (QED) is 0.794. The van der Waals surface area contributed by atoms with Gasteiger partial charge in [-0.1, -0.05) is 37.5 Å². The van der Waals surface area contributed by atoms with Crippen molar-refractivity contribution in [3.63, 3.8) is 0 Å². The Labute approximate surface area is 125 Å². The molecule has 110 valence electrons. The first-order valence-corrected chi connectivity index (χ1v) is 8.06. The van der Waals surface area contributed by atoms with Gasteiger partial charge in [-0.25, -0.2) is 4.99 Å². The lowest BCUT2D eigenvalue weighted by atomic mass is 9.93. The van der Waals surface area contributed by atoms with Gasteiger partial charge in [0.25, 0.3) is 0 Å². The zero-order chi connectivity index (χ0) is 14.2. The zero-order valence-electron chi connectivity index (χ0n) is 12.3. The van der Waals surface area contributed by atoms with E-state index in [1.54, 1.807) is 0 Å². The summed E-state index contributed by atoms with van der Waals surface area (Å²) in [6.07, 6.45) is 7.06. The summed E-state index contributed by atoms with van der Waals surface area (Å²) in [6, 6.07) is 8.74. The van der Waals surface area contributed by atoms with Crippen LogP contribution in [0.3, 0.4) is 0 Å². The van der Waals surface area contributed by atoms with Gasteiger partial charge >= 0.3 is 0 Å². The Morgan fingerprint density at radius 3 is 2.76 bits per heavy atom. The van der Waals surface area contributed by atoms with E-state index in [1.807, 2.05) is 17.0 Å². The largest absolute Gasteiger partial charge is 0.339 e. The number of hydrogen-bond donors (Lipinski definition) is 0. The lowest BCUT2D eigenvalue weighted by Crippen LogP contribution is -2.57. The molecule has 1 saturated heterocycles. The van der Waals surface area contributed by atoms with Crippen LogP contribution in [0.2, 0.25) is 0 Å². The summed E-state index contributed by atoms with van der Waals surface area (Å²) in [4.78, 5) is 21.4. The van der Waals surface area contributed by atoms with Crippen LogP contribution in [0.25, 0.3) is 0 Å². The van der Waals surface area contributed by atoms with Crippen LogP contribution < -0.4 is 0 Å². The van der Waals surface area contributed by atoms with Crippen LogP contribution in [0.1, 0.15) is 44.1 Å². The van der Waals surface area contributed by atoms with E-state index in [2.05, 4.69) is 17.0 Å². The van der Waals surface area contributed by atoms with Gasteiger partial charge in [0.2, 0.25) is 11.9 Å². The van der Waals surface area contributed by atoms with Gasteiger partial charge in [-0.2, -0.15) is 0 Å². The molecule has 1 amide bonds.